The Bertz CT molecular complexity index is 1150. The molecule has 0 radical (unpaired) electrons. The van der Waals surface area contributed by atoms with Gasteiger partial charge >= 0.3 is 209 Å². The molecule has 0 saturated heterocycles. The van der Waals surface area contributed by atoms with Crippen molar-refractivity contribution in [2.45, 2.75) is 71.1 Å². The van der Waals surface area contributed by atoms with Gasteiger partial charge < -0.3 is 0 Å². The number of benzene rings is 3. The summed E-state index contributed by atoms with van der Waals surface area (Å²) in [5, 5.41) is 0. The van der Waals surface area contributed by atoms with E-state index < -0.39 is 30.4 Å². The van der Waals surface area contributed by atoms with Crippen LogP contribution in [0.3, 0.4) is 0 Å². The van der Waals surface area contributed by atoms with Crippen LogP contribution in [-0.4, -0.2) is 8.42 Å². The maximum absolute atomic E-state index is 13.5. The van der Waals surface area contributed by atoms with Crippen molar-refractivity contribution in [2.24, 2.45) is 0 Å². The molecule has 0 atom stereocenters. The van der Waals surface area contributed by atoms with E-state index in [1.165, 1.54) is 16.7 Å². The van der Waals surface area contributed by atoms with Crippen LogP contribution in [0.4, 0.5) is 0 Å². The molecule has 0 aromatic heterocycles. The third-order valence-corrected chi connectivity index (χ3v) is 13.3. The third-order valence-electron chi connectivity index (χ3n) is 5.62. The molecule has 0 aliphatic rings. The average Bonchev–Trinajstić information content (AvgIpc) is 2.77. The molecule has 178 valence electrons. The summed E-state index contributed by atoms with van der Waals surface area (Å²) in [7, 11) is -3.91. The van der Waals surface area contributed by atoms with E-state index in [1.807, 2.05) is 49.4 Å². The summed E-state index contributed by atoms with van der Waals surface area (Å²) in [6.07, 6.45) is 0. The molecule has 0 aliphatic carbocycles. The number of aryl methyl sites for hydroxylation is 1. The van der Waals surface area contributed by atoms with Crippen LogP contribution in [0, 0.1) is 14.1 Å². The van der Waals surface area contributed by atoms with Crippen LogP contribution in [0.25, 0.3) is 0 Å². The van der Waals surface area contributed by atoms with Crippen LogP contribution in [0.1, 0.15) is 81.5 Å². The van der Waals surface area contributed by atoms with Crippen molar-refractivity contribution in [3.63, 3.8) is 0 Å². The maximum atomic E-state index is 13.5. The Kier molecular flexibility index (Phi) is 8.40. The second kappa shape index (κ2) is 10.7. The number of halogens is 1. The van der Waals surface area contributed by atoms with Gasteiger partial charge in [-0.2, -0.15) is 0 Å². The fourth-order valence-electron chi connectivity index (χ4n) is 3.60. The molecule has 0 unspecified atom stereocenters. The van der Waals surface area contributed by atoms with Crippen molar-refractivity contribution in [1.29, 1.82) is 0 Å². The predicted molar refractivity (Wildman–Crippen MR) is 146 cm³/mol. The first kappa shape index (κ1) is 25.9. The molecule has 33 heavy (non-hydrogen) atoms. The van der Waals surface area contributed by atoms with Crippen molar-refractivity contribution in [3.8, 4) is 0 Å². The molecule has 0 fully saturated rings. The van der Waals surface area contributed by atoms with E-state index in [4.69, 9.17) is 2.51 Å². The zero-order chi connectivity index (χ0) is 24.3. The zero-order valence-corrected chi connectivity index (χ0v) is 23.6. The van der Waals surface area contributed by atoms with E-state index in [0.29, 0.717) is 5.92 Å². The van der Waals surface area contributed by atoms with Crippen LogP contribution in [-0.2, 0) is 12.6 Å². The molecule has 0 bridgehead atoms. The van der Waals surface area contributed by atoms with Gasteiger partial charge in [-0.05, 0) is 0 Å². The van der Waals surface area contributed by atoms with Crippen LogP contribution < -0.4 is 0 Å². The Hall–Kier alpha value is -1.70. The Morgan fingerprint density at radius 3 is 1.70 bits per heavy atom. The fraction of sp³-hybridized carbons (Fsp3) is 0.357. The first-order valence-corrected chi connectivity index (χ1v) is 15.9. The SMILES string of the molecule is Cc1ccc(S(=O)(=O)OI(c2ccccc2)c2c(C(C)C)cc(C(C)C)cc2C(C)C)cc1. The minimum atomic E-state index is -3.91. The molecule has 0 heterocycles. The van der Waals surface area contributed by atoms with Gasteiger partial charge in [0, 0.05) is 0 Å². The van der Waals surface area contributed by atoms with Gasteiger partial charge in [-0.3, -0.25) is 0 Å². The Morgan fingerprint density at radius 1 is 0.727 bits per heavy atom. The quantitative estimate of drug-likeness (QED) is 0.253. The van der Waals surface area contributed by atoms with Crippen LogP contribution >= 0.6 is 20.2 Å². The molecule has 0 N–H and O–H groups in total. The van der Waals surface area contributed by atoms with Gasteiger partial charge in [0.25, 0.3) is 0 Å². The van der Waals surface area contributed by atoms with E-state index in [-0.39, 0.29) is 16.7 Å². The molecular formula is C28H35IO3S. The normalized spacial score (nSPS) is 12.6. The van der Waals surface area contributed by atoms with Gasteiger partial charge in [-0.25, -0.2) is 0 Å². The summed E-state index contributed by atoms with van der Waals surface area (Å²) in [5.74, 6) is 0.904. The zero-order valence-electron chi connectivity index (χ0n) is 20.6. The molecule has 3 aromatic carbocycles. The standard InChI is InChI=1S/C28H35IO3S/c1-19(2)23-17-26(20(3)4)28(27(18-23)21(5)6)29(24-11-9-8-10-12-24)32-33(30,31)25-15-13-22(7)14-16-25/h8-21H,1-7H3. The van der Waals surface area contributed by atoms with Gasteiger partial charge in [0.2, 0.25) is 0 Å². The topological polar surface area (TPSA) is 43.4 Å². The second-order valence-corrected chi connectivity index (χ2v) is 15.7. The van der Waals surface area contributed by atoms with Gasteiger partial charge in [0.05, 0.1) is 0 Å². The summed E-state index contributed by atoms with van der Waals surface area (Å²) in [6, 6.07) is 21.4. The van der Waals surface area contributed by atoms with E-state index in [0.717, 1.165) is 12.7 Å². The summed E-state index contributed by atoms with van der Waals surface area (Å²) in [5.41, 5.74) is 4.72. The van der Waals surface area contributed by atoms with Gasteiger partial charge in [-0.15, -0.1) is 0 Å². The molecule has 3 rings (SSSR count). The van der Waals surface area contributed by atoms with E-state index >= 15 is 0 Å². The molecule has 0 aliphatic heterocycles. The van der Waals surface area contributed by atoms with E-state index in [2.05, 4.69) is 53.7 Å². The Labute approximate surface area is 207 Å². The monoisotopic (exact) mass is 578 g/mol. The summed E-state index contributed by atoms with van der Waals surface area (Å²) in [6.45, 7) is 15.1. The Balaban J connectivity index is 2.27. The average molecular weight is 579 g/mol. The van der Waals surface area contributed by atoms with Crippen molar-refractivity contribution >= 4 is 30.4 Å². The van der Waals surface area contributed by atoms with Crippen molar-refractivity contribution in [1.82, 2.24) is 0 Å². The van der Waals surface area contributed by atoms with Gasteiger partial charge in [-0.1, -0.05) is 0 Å². The molecule has 0 spiro atoms. The minimum absolute atomic E-state index is 0.210. The number of hydrogen-bond donors (Lipinski definition) is 0. The summed E-state index contributed by atoms with van der Waals surface area (Å²) < 4.78 is 35.3. The fourth-order valence-corrected chi connectivity index (χ4v) is 12.0. The molecule has 0 amide bonds. The molecule has 5 heteroatoms. The molecule has 0 saturated carbocycles. The Morgan fingerprint density at radius 2 is 1.24 bits per heavy atom. The van der Waals surface area contributed by atoms with Crippen LogP contribution in [0.15, 0.2) is 71.6 Å². The van der Waals surface area contributed by atoms with Crippen molar-refractivity contribution < 1.29 is 10.9 Å². The van der Waals surface area contributed by atoms with Gasteiger partial charge in [0.15, 0.2) is 0 Å². The second-order valence-electron chi connectivity index (χ2n) is 9.35. The number of rotatable bonds is 8. The first-order valence-electron chi connectivity index (χ1n) is 11.5. The summed E-state index contributed by atoms with van der Waals surface area (Å²) in [4.78, 5) is 0.210. The third kappa shape index (κ3) is 6.06. The first-order chi connectivity index (χ1) is 15.5. The van der Waals surface area contributed by atoms with Crippen molar-refractivity contribution in [2.75, 3.05) is 0 Å². The van der Waals surface area contributed by atoms with Crippen LogP contribution in [0.5, 0.6) is 0 Å². The summed E-state index contributed by atoms with van der Waals surface area (Å²) >= 11 is -2.83. The van der Waals surface area contributed by atoms with Crippen molar-refractivity contribution in [3.05, 3.63) is 96.1 Å². The van der Waals surface area contributed by atoms with E-state index in [1.54, 1.807) is 12.1 Å². The molecular weight excluding hydrogens is 543 g/mol. The molecule has 3 nitrogen and oxygen atoms in total. The predicted octanol–water partition coefficient (Wildman–Crippen LogP) is 8.23. The number of hydrogen-bond acceptors (Lipinski definition) is 3. The molecule has 3 aromatic rings. The van der Waals surface area contributed by atoms with E-state index in [9.17, 15) is 8.42 Å². The van der Waals surface area contributed by atoms with Gasteiger partial charge in [0.1, 0.15) is 0 Å². The van der Waals surface area contributed by atoms with Crippen LogP contribution in [0.2, 0.25) is 0 Å².